The molecular formula is C13H8N2O3S. The molecule has 0 bridgehead atoms. The van der Waals surface area contributed by atoms with E-state index in [1.54, 1.807) is 41.9 Å². The standard InChI is InChI=1S/C13H8N2O3S/c16-12-8-11(14-10-5-1-2-6-15(10)12)18-13(17)9-4-3-7-19-9/h1-8H. The Morgan fingerprint density at radius 1 is 1.26 bits per heavy atom. The van der Waals surface area contributed by atoms with Crippen LogP contribution in [0.2, 0.25) is 0 Å². The van der Waals surface area contributed by atoms with E-state index in [9.17, 15) is 9.59 Å². The highest BCUT2D eigenvalue weighted by Gasteiger charge is 2.11. The molecule has 0 saturated carbocycles. The van der Waals surface area contributed by atoms with E-state index in [0.29, 0.717) is 10.5 Å². The zero-order chi connectivity index (χ0) is 13.2. The van der Waals surface area contributed by atoms with E-state index < -0.39 is 5.97 Å². The minimum atomic E-state index is -0.512. The van der Waals surface area contributed by atoms with E-state index in [-0.39, 0.29) is 11.4 Å². The van der Waals surface area contributed by atoms with Gasteiger partial charge < -0.3 is 4.74 Å². The van der Waals surface area contributed by atoms with Gasteiger partial charge in [0.15, 0.2) is 0 Å². The van der Waals surface area contributed by atoms with Gasteiger partial charge in [-0.15, -0.1) is 11.3 Å². The molecule has 0 unspecified atom stereocenters. The van der Waals surface area contributed by atoms with Crippen LogP contribution < -0.4 is 10.3 Å². The summed E-state index contributed by atoms with van der Waals surface area (Å²) in [6.45, 7) is 0. The molecule has 3 aromatic rings. The van der Waals surface area contributed by atoms with E-state index in [1.165, 1.54) is 21.8 Å². The Morgan fingerprint density at radius 2 is 2.16 bits per heavy atom. The Balaban J connectivity index is 1.98. The Kier molecular flexibility index (Phi) is 2.85. The van der Waals surface area contributed by atoms with Gasteiger partial charge in [-0.05, 0) is 23.6 Å². The van der Waals surface area contributed by atoms with Crippen molar-refractivity contribution in [1.29, 1.82) is 0 Å². The summed E-state index contributed by atoms with van der Waals surface area (Å²) in [6.07, 6.45) is 1.61. The smallest absolute Gasteiger partial charge is 0.355 e. The van der Waals surface area contributed by atoms with Crippen molar-refractivity contribution in [2.24, 2.45) is 0 Å². The van der Waals surface area contributed by atoms with Crippen LogP contribution in [-0.2, 0) is 0 Å². The first-order valence-electron chi connectivity index (χ1n) is 5.48. The van der Waals surface area contributed by atoms with Crippen LogP contribution in [-0.4, -0.2) is 15.4 Å². The fraction of sp³-hybridized carbons (Fsp3) is 0. The highest BCUT2D eigenvalue weighted by atomic mass is 32.1. The van der Waals surface area contributed by atoms with Crippen molar-refractivity contribution in [3.8, 4) is 5.88 Å². The third-order valence-electron chi connectivity index (χ3n) is 2.47. The van der Waals surface area contributed by atoms with Crippen LogP contribution in [0.25, 0.3) is 5.65 Å². The number of ether oxygens (including phenoxy) is 1. The number of carbonyl (C=O) groups excluding carboxylic acids is 1. The second-order valence-electron chi connectivity index (χ2n) is 3.73. The van der Waals surface area contributed by atoms with Gasteiger partial charge in [0, 0.05) is 6.20 Å². The molecular weight excluding hydrogens is 264 g/mol. The van der Waals surface area contributed by atoms with Gasteiger partial charge in [-0.25, -0.2) is 4.79 Å². The summed E-state index contributed by atoms with van der Waals surface area (Å²) in [7, 11) is 0. The predicted octanol–water partition coefficient (Wildman–Crippen LogP) is 1.98. The van der Waals surface area contributed by atoms with Gasteiger partial charge in [-0.3, -0.25) is 9.20 Å². The van der Waals surface area contributed by atoms with E-state index in [4.69, 9.17) is 4.74 Å². The summed E-state index contributed by atoms with van der Waals surface area (Å²) < 4.78 is 6.47. The maximum atomic E-state index is 11.8. The van der Waals surface area contributed by atoms with E-state index in [2.05, 4.69) is 4.98 Å². The van der Waals surface area contributed by atoms with Crippen LogP contribution in [0, 0.1) is 0 Å². The Hall–Kier alpha value is -2.47. The van der Waals surface area contributed by atoms with Gasteiger partial charge in [0.2, 0.25) is 5.88 Å². The van der Waals surface area contributed by atoms with E-state index in [0.717, 1.165) is 0 Å². The Bertz CT molecular complexity index is 793. The molecule has 0 N–H and O–H groups in total. The van der Waals surface area contributed by atoms with Crippen molar-refractivity contribution in [2.45, 2.75) is 0 Å². The maximum absolute atomic E-state index is 11.8. The zero-order valence-corrected chi connectivity index (χ0v) is 10.5. The van der Waals surface area contributed by atoms with Crippen molar-refractivity contribution in [3.05, 3.63) is 63.2 Å². The molecule has 94 valence electrons. The summed E-state index contributed by atoms with van der Waals surface area (Å²) in [4.78, 5) is 28.1. The number of fused-ring (bicyclic) bond motifs is 1. The molecule has 0 aromatic carbocycles. The molecule has 6 heteroatoms. The maximum Gasteiger partial charge on any atom is 0.355 e. The summed E-state index contributed by atoms with van der Waals surface area (Å²) in [5.41, 5.74) is 0.142. The zero-order valence-electron chi connectivity index (χ0n) is 9.65. The summed E-state index contributed by atoms with van der Waals surface area (Å²) in [5.74, 6) is -0.503. The molecule has 3 heterocycles. The molecule has 0 aliphatic carbocycles. The number of pyridine rings is 1. The lowest BCUT2D eigenvalue weighted by molar-refractivity contribution is 0.0733. The lowest BCUT2D eigenvalue weighted by Crippen LogP contribution is -2.16. The largest absolute Gasteiger partial charge is 0.403 e. The number of aromatic nitrogens is 2. The lowest BCUT2D eigenvalue weighted by atomic mass is 10.4. The highest BCUT2D eigenvalue weighted by Crippen LogP contribution is 2.13. The number of carbonyl (C=O) groups is 1. The summed E-state index contributed by atoms with van der Waals surface area (Å²) >= 11 is 1.27. The van der Waals surface area contributed by atoms with E-state index in [1.807, 2.05) is 0 Å². The quantitative estimate of drug-likeness (QED) is 0.669. The number of nitrogens with zero attached hydrogens (tertiary/aromatic N) is 2. The van der Waals surface area contributed by atoms with Crippen molar-refractivity contribution in [3.63, 3.8) is 0 Å². The minimum absolute atomic E-state index is 0.00889. The van der Waals surface area contributed by atoms with Crippen LogP contribution in [0.1, 0.15) is 9.67 Å². The van der Waals surface area contributed by atoms with Crippen LogP contribution in [0.4, 0.5) is 0 Å². The topological polar surface area (TPSA) is 60.7 Å². The molecule has 0 atom stereocenters. The van der Waals surface area contributed by atoms with Crippen LogP contribution in [0.5, 0.6) is 5.88 Å². The van der Waals surface area contributed by atoms with Crippen molar-refractivity contribution < 1.29 is 9.53 Å². The molecule has 0 spiro atoms. The first-order chi connectivity index (χ1) is 9.24. The predicted molar refractivity (Wildman–Crippen MR) is 70.7 cm³/mol. The van der Waals surface area contributed by atoms with Gasteiger partial charge in [0.1, 0.15) is 10.5 Å². The van der Waals surface area contributed by atoms with Gasteiger partial charge in [0.05, 0.1) is 6.07 Å². The average Bonchev–Trinajstić information content (AvgIpc) is 2.93. The Morgan fingerprint density at radius 3 is 2.95 bits per heavy atom. The number of hydrogen-bond acceptors (Lipinski definition) is 5. The monoisotopic (exact) mass is 272 g/mol. The third-order valence-corrected chi connectivity index (χ3v) is 3.32. The van der Waals surface area contributed by atoms with Crippen LogP contribution in [0.3, 0.4) is 0 Å². The fourth-order valence-electron chi connectivity index (χ4n) is 1.62. The molecule has 0 saturated heterocycles. The molecule has 0 radical (unpaired) electrons. The average molecular weight is 272 g/mol. The van der Waals surface area contributed by atoms with Gasteiger partial charge in [0.25, 0.3) is 5.56 Å². The fourth-order valence-corrected chi connectivity index (χ4v) is 2.22. The number of hydrogen-bond donors (Lipinski definition) is 0. The molecule has 0 aliphatic heterocycles. The van der Waals surface area contributed by atoms with E-state index >= 15 is 0 Å². The molecule has 0 amide bonds. The van der Waals surface area contributed by atoms with Gasteiger partial charge in [-0.2, -0.15) is 4.98 Å². The Labute approximate surface area is 111 Å². The lowest BCUT2D eigenvalue weighted by Gasteiger charge is -2.03. The number of rotatable bonds is 2. The molecule has 5 nitrogen and oxygen atoms in total. The normalized spacial score (nSPS) is 10.5. The minimum Gasteiger partial charge on any atom is -0.403 e. The second kappa shape index (κ2) is 4.66. The highest BCUT2D eigenvalue weighted by molar-refractivity contribution is 7.12. The third kappa shape index (κ3) is 2.25. The number of esters is 1. The van der Waals surface area contributed by atoms with Crippen molar-refractivity contribution >= 4 is 23.0 Å². The van der Waals surface area contributed by atoms with Gasteiger partial charge in [-0.1, -0.05) is 12.1 Å². The molecule has 3 aromatic heterocycles. The second-order valence-corrected chi connectivity index (χ2v) is 4.68. The van der Waals surface area contributed by atoms with Crippen molar-refractivity contribution in [1.82, 2.24) is 9.38 Å². The first kappa shape index (κ1) is 11.6. The van der Waals surface area contributed by atoms with Crippen LogP contribution >= 0.6 is 11.3 Å². The summed E-state index contributed by atoms with van der Waals surface area (Å²) in [6, 6.07) is 9.76. The number of thiophene rings is 1. The SMILES string of the molecule is O=C(Oc1cc(=O)n2ccccc2n1)c1cccs1. The molecule has 19 heavy (non-hydrogen) atoms. The molecule has 3 rings (SSSR count). The first-order valence-corrected chi connectivity index (χ1v) is 6.36. The molecule has 0 aliphatic rings. The van der Waals surface area contributed by atoms with Gasteiger partial charge >= 0.3 is 5.97 Å². The van der Waals surface area contributed by atoms with Crippen molar-refractivity contribution in [2.75, 3.05) is 0 Å². The summed E-state index contributed by atoms with van der Waals surface area (Å²) in [5, 5.41) is 1.78. The van der Waals surface area contributed by atoms with Crippen LogP contribution in [0.15, 0.2) is 52.8 Å². The molecule has 0 fully saturated rings.